The third-order valence-corrected chi connectivity index (χ3v) is 4.39. The van der Waals surface area contributed by atoms with Gasteiger partial charge in [0.2, 0.25) is 0 Å². The van der Waals surface area contributed by atoms with Gasteiger partial charge >= 0.3 is 0 Å². The molecule has 0 saturated heterocycles. The highest BCUT2D eigenvalue weighted by atomic mass is 35.5. The Hall–Kier alpha value is -0.990. The molecule has 1 aliphatic carbocycles. The Morgan fingerprint density at radius 1 is 1.35 bits per heavy atom. The molecule has 0 amide bonds. The number of halogens is 1. The molecule has 2 aliphatic rings. The molecule has 1 N–H and O–H groups in total. The van der Waals surface area contributed by atoms with Gasteiger partial charge in [0.1, 0.15) is 0 Å². The fourth-order valence-corrected chi connectivity index (χ4v) is 3.65. The van der Waals surface area contributed by atoms with E-state index in [1.165, 1.54) is 35.9 Å². The maximum atomic E-state index is 6.14. The van der Waals surface area contributed by atoms with Gasteiger partial charge in [0.25, 0.3) is 0 Å². The van der Waals surface area contributed by atoms with Crippen LogP contribution in [0, 0.1) is 0 Å². The molecule has 0 bridgehead atoms. The number of fused-ring (bicyclic) bond motifs is 3. The summed E-state index contributed by atoms with van der Waals surface area (Å²) >= 11 is 6.14. The first kappa shape index (κ1) is 9.98. The number of aryl methyl sites for hydroxylation is 1. The molecule has 2 nitrogen and oxygen atoms in total. The molecule has 0 spiro atoms. The van der Waals surface area contributed by atoms with Crippen molar-refractivity contribution in [3.8, 4) is 0 Å². The largest absolute Gasteiger partial charge is 0.341 e. The van der Waals surface area contributed by atoms with Gasteiger partial charge in [-0.1, -0.05) is 17.7 Å². The molecule has 1 atom stereocenters. The Morgan fingerprint density at radius 3 is 3.24 bits per heavy atom. The summed E-state index contributed by atoms with van der Waals surface area (Å²) in [7, 11) is 0. The number of hydrogen-bond donors (Lipinski definition) is 1. The summed E-state index contributed by atoms with van der Waals surface area (Å²) in [6, 6.07) is 6.90. The van der Waals surface area contributed by atoms with E-state index in [4.69, 9.17) is 11.6 Å². The minimum Gasteiger partial charge on any atom is -0.341 e. The highest BCUT2D eigenvalue weighted by Gasteiger charge is 2.29. The van der Waals surface area contributed by atoms with E-state index >= 15 is 0 Å². The number of aromatic nitrogens is 1. The predicted molar refractivity (Wildman–Crippen MR) is 70.6 cm³/mol. The Bertz CT molecular complexity index is 598. The molecule has 1 unspecified atom stereocenters. The van der Waals surface area contributed by atoms with Crippen LogP contribution in [0.1, 0.15) is 30.1 Å². The summed E-state index contributed by atoms with van der Waals surface area (Å²) in [6.07, 6.45) is 3.79. The molecular weight excluding hydrogens is 232 g/mol. The van der Waals surface area contributed by atoms with Crippen molar-refractivity contribution in [1.82, 2.24) is 9.88 Å². The van der Waals surface area contributed by atoms with Gasteiger partial charge in [-0.15, -0.1) is 0 Å². The molecule has 17 heavy (non-hydrogen) atoms. The molecule has 1 aromatic carbocycles. The number of benzene rings is 1. The van der Waals surface area contributed by atoms with Crippen LogP contribution in [-0.4, -0.2) is 11.1 Å². The van der Waals surface area contributed by atoms with Crippen LogP contribution in [-0.2, 0) is 13.0 Å². The van der Waals surface area contributed by atoms with E-state index in [-0.39, 0.29) is 0 Å². The topological polar surface area (TPSA) is 17.0 Å². The molecular formula is C14H15ClN2. The van der Waals surface area contributed by atoms with E-state index in [1.807, 2.05) is 6.07 Å². The van der Waals surface area contributed by atoms with Crippen LogP contribution in [0.3, 0.4) is 0 Å². The normalized spacial score (nSPS) is 22.8. The van der Waals surface area contributed by atoms with Crippen molar-refractivity contribution in [1.29, 1.82) is 0 Å². The summed E-state index contributed by atoms with van der Waals surface area (Å²) < 4.78 is 2.48. The lowest BCUT2D eigenvalue weighted by molar-refractivity contribution is 0.384. The van der Waals surface area contributed by atoms with Gasteiger partial charge in [-0.3, -0.25) is 0 Å². The second kappa shape index (κ2) is 3.50. The van der Waals surface area contributed by atoms with Crippen LogP contribution in [0.25, 0.3) is 10.9 Å². The van der Waals surface area contributed by atoms with Crippen LogP contribution in [0.15, 0.2) is 18.2 Å². The van der Waals surface area contributed by atoms with Crippen molar-refractivity contribution >= 4 is 22.5 Å². The Labute approximate surface area is 106 Å². The molecule has 1 aliphatic heterocycles. The van der Waals surface area contributed by atoms with Gasteiger partial charge in [0.05, 0.1) is 5.52 Å². The molecule has 0 radical (unpaired) electrons. The monoisotopic (exact) mass is 246 g/mol. The maximum Gasteiger partial charge on any atom is 0.0501 e. The van der Waals surface area contributed by atoms with Crippen LogP contribution < -0.4 is 5.32 Å². The fraction of sp³-hybridized carbons (Fsp3) is 0.429. The van der Waals surface area contributed by atoms with Crippen molar-refractivity contribution in [2.45, 2.75) is 31.8 Å². The van der Waals surface area contributed by atoms with Gasteiger partial charge < -0.3 is 9.88 Å². The van der Waals surface area contributed by atoms with E-state index in [0.717, 1.165) is 18.1 Å². The molecule has 2 aromatic rings. The van der Waals surface area contributed by atoms with Crippen molar-refractivity contribution in [2.24, 2.45) is 0 Å². The molecule has 3 heteroatoms. The first-order chi connectivity index (χ1) is 8.34. The Balaban J connectivity index is 2.11. The molecule has 0 fully saturated rings. The minimum atomic E-state index is 0.568. The summed E-state index contributed by atoms with van der Waals surface area (Å²) in [5, 5.41) is 5.90. The molecule has 88 valence electrons. The predicted octanol–water partition coefficient (Wildman–Crippen LogP) is 3.28. The number of hydrogen-bond acceptors (Lipinski definition) is 1. The van der Waals surface area contributed by atoms with E-state index in [0.29, 0.717) is 6.04 Å². The second-order valence-electron chi connectivity index (χ2n) is 5.08. The average Bonchev–Trinajstić information content (AvgIpc) is 2.67. The fourth-order valence-electron chi connectivity index (χ4n) is 3.49. The van der Waals surface area contributed by atoms with Gasteiger partial charge in [-0.2, -0.15) is 0 Å². The third-order valence-electron chi connectivity index (χ3n) is 4.15. The number of nitrogens with zero attached hydrogens (tertiary/aromatic N) is 1. The van der Waals surface area contributed by atoms with Gasteiger partial charge in [-0.05, 0) is 37.0 Å². The molecule has 2 heterocycles. The smallest absolute Gasteiger partial charge is 0.0501 e. The minimum absolute atomic E-state index is 0.568. The van der Waals surface area contributed by atoms with Crippen molar-refractivity contribution < 1.29 is 0 Å². The molecule has 1 aromatic heterocycles. The first-order valence-electron chi connectivity index (χ1n) is 6.38. The number of rotatable bonds is 0. The van der Waals surface area contributed by atoms with Crippen molar-refractivity contribution in [3.63, 3.8) is 0 Å². The standard InChI is InChI=1S/C14H15ClN2/c15-9-4-5-10-11-2-1-3-12-14(11)17(7-6-16-12)13(10)8-9/h4-5,8,12,16H,1-3,6-7H2. The summed E-state index contributed by atoms with van der Waals surface area (Å²) in [4.78, 5) is 0. The summed E-state index contributed by atoms with van der Waals surface area (Å²) in [6.45, 7) is 2.15. The lowest BCUT2D eigenvalue weighted by Gasteiger charge is -2.31. The highest BCUT2D eigenvalue weighted by molar-refractivity contribution is 6.31. The lowest BCUT2D eigenvalue weighted by atomic mass is 9.91. The molecule has 0 saturated carbocycles. The van der Waals surface area contributed by atoms with Crippen molar-refractivity contribution in [3.05, 3.63) is 34.5 Å². The maximum absolute atomic E-state index is 6.14. The van der Waals surface area contributed by atoms with Crippen LogP contribution in [0.2, 0.25) is 5.02 Å². The second-order valence-corrected chi connectivity index (χ2v) is 5.51. The van der Waals surface area contributed by atoms with Crippen LogP contribution in [0.4, 0.5) is 0 Å². The van der Waals surface area contributed by atoms with Crippen LogP contribution >= 0.6 is 11.6 Å². The van der Waals surface area contributed by atoms with Gasteiger partial charge in [0, 0.05) is 35.2 Å². The van der Waals surface area contributed by atoms with Crippen molar-refractivity contribution in [2.75, 3.05) is 6.54 Å². The quantitative estimate of drug-likeness (QED) is 0.755. The van der Waals surface area contributed by atoms with E-state index in [9.17, 15) is 0 Å². The third kappa shape index (κ3) is 1.31. The van der Waals surface area contributed by atoms with E-state index < -0.39 is 0 Å². The summed E-state index contributed by atoms with van der Waals surface area (Å²) in [5.41, 5.74) is 4.41. The average molecular weight is 247 g/mol. The zero-order chi connectivity index (χ0) is 11.4. The molecule has 4 rings (SSSR count). The SMILES string of the molecule is Clc1ccc2c3c4n(c2c1)CCNC4CCC3. The van der Waals surface area contributed by atoms with Crippen LogP contribution in [0.5, 0.6) is 0 Å². The van der Waals surface area contributed by atoms with E-state index in [2.05, 4.69) is 22.0 Å². The zero-order valence-electron chi connectivity index (χ0n) is 9.67. The highest BCUT2D eigenvalue weighted by Crippen LogP contribution is 2.39. The zero-order valence-corrected chi connectivity index (χ0v) is 10.4. The Morgan fingerprint density at radius 2 is 2.29 bits per heavy atom. The summed E-state index contributed by atoms with van der Waals surface area (Å²) in [5.74, 6) is 0. The Kier molecular flexibility index (Phi) is 2.06. The number of nitrogens with one attached hydrogen (secondary N) is 1. The van der Waals surface area contributed by atoms with Gasteiger partial charge in [-0.25, -0.2) is 0 Å². The first-order valence-corrected chi connectivity index (χ1v) is 6.76. The van der Waals surface area contributed by atoms with Gasteiger partial charge in [0.15, 0.2) is 0 Å². The van der Waals surface area contributed by atoms with E-state index in [1.54, 1.807) is 5.56 Å². The lowest BCUT2D eigenvalue weighted by Crippen LogP contribution is -2.35.